The molecule has 9 heteroatoms. The molecule has 0 aliphatic heterocycles. The van der Waals surface area contributed by atoms with Gasteiger partial charge in [0.1, 0.15) is 11.5 Å². The summed E-state index contributed by atoms with van der Waals surface area (Å²) < 4.78 is 0. The molecular formula is C40H38CoN2O6. The molecule has 8 nitrogen and oxygen atoms in total. The molecule has 2 N–H and O–H groups in total. The van der Waals surface area contributed by atoms with E-state index in [2.05, 4.69) is 24.3 Å². The van der Waals surface area contributed by atoms with Gasteiger partial charge in [0.15, 0.2) is 0 Å². The van der Waals surface area contributed by atoms with Gasteiger partial charge in [-0.1, -0.05) is 86.6 Å². The first kappa shape index (κ1) is 39.7. The van der Waals surface area contributed by atoms with Crippen LogP contribution in [-0.2, 0) is 39.2 Å². The Morgan fingerprint density at radius 2 is 0.878 bits per heavy atom. The van der Waals surface area contributed by atoms with Crippen molar-refractivity contribution in [3.05, 3.63) is 131 Å². The maximum atomic E-state index is 10.9. The molecule has 0 unspecified atom stereocenters. The van der Waals surface area contributed by atoms with E-state index in [1.165, 1.54) is 0 Å². The Labute approximate surface area is 297 Å². The Hall–Kier alpha value is -5.51. The summed E-state index contributed by atoms with van der Waals surface area (Å²) in [5.41, 5.74) is 8.60. The number of carbonyl (C=O) groups is 2. The van der Waals surface area contributed by atoms with Gasteiger partial charge >= 0.3 is 16.8 Å². The second kappa shape index (κ2) is 20.0. The first-order chi connectivity index (χ1) is 23.0. The fraction of sp³-hybridized carbons (Fsp3) is 0.150. The minimum absolute atomic E-state index is 0. The predicted molar refractivity (Wildman–Crippen MR) is 188 cm³/mol. The molecule has 0 spiro atoms. The third kappa shape index (κ3) is 12.2. The maximum Gasteiger partial charge on any atom is 2.00 e. The number of phenols is 2. The molecule has 0 amide bonds. The van der Waals surface area contributed by atoms with Crippen LogP contribution in [0.3, 0.4) is 0 Å². The zero-order chi connectivity index (χ0) is 35.1. The van der Waals surface area contributed by atoms with Crippen molar-refractivity contribution in [1.82, 2.24) is 0 Å². The number of benzene rings is 5. The average molecular weight is 702 g/mol. The number of hydrogen-bond donors (Lipinski definition) is 2. The standard InChI is InChI=1S/C36H32N2O2.2C2H4O2.Co/c1-3-25-19-29(27-13-7-5-8-14-27)21-31(35(25)39)23-37-33-17-11-12-18-34(33)38-24-32-22-30(20-26(4-2)36(32)40)28-15-9-6-10-16-28;2*1-2(3)4;/h5-24,39-40H,3-4H2,1-2H3;2*1H3,(H,3,4);/q;;;+2/p-2. The molecule has 0 saturated carbocycles. The van der Waals surface area contributed by atoms with E-state index in [0.29, 0.717) is 35.3 Å². The fourth-order valence-electron chi connectivity index (χ4n) is 4.73. The van der Waals surface area contributed by atoms with E-state index < -0.39 is 11.9 Å². The van der Waals surface area contributed by atoms with E-state index in [0.717, 1.165) is 47.2 Å². The molecule has 0 aliphatic carbocycles. The van der Waals surface area contributed by atoms with Gasteiger partial charge in [-0.2, -0.15) is 0 Å². The molecule has 0 fully saturated rings. The summed E-state index contributed by atoms with van der Waals surface area (Å²) in [5.74, 6) is -1.69. The smallest absolute Gasteiger partial charge is 0.550 e. The molecular weight excluding hydrogens is 663 g/mol. The quantitative estimate of drug-likeness (QED) is 0.175. The predicted octanol–water partition coefficient (Wildman–Crippen LogP) is 6.57. The zero-order valence-electron chi connectivity index (χ0n) is 27.7. The SMILES string of the molecule is CC(=O)[O-].CC(=O)[O-].CCc1cc(-c2ccccc2)cc(C=Nc2ccccc2N=Cc2cc(-c3ccccc3)cc(CC)c2O)c1O.[Co+2]. The second-order valence-electron chi connectivity index (χ2n) is 10.6. The van der Waals surface area contributed by atoms with Crippen LogP contribution in [0, 0.1) is 0 Å². The molecule has 0 aliphatic rings. The summed E-state index contributed by atoms with van der Waals surface area (Å²) in [6.07, 6.45) is 4.80. The van der Waals surface area contributed by atoms with Gasteiger partial charge in [-0.15, -0.1) is 0 Å². The summed E-state index contributed by atoms with van der Waals surface area (Å²) in [4.78, 5) is 27.2. The van der Waals surface area contributed by atoms with Gasteiger partial charge in [-0.05, 0) is 96.5 Å². The maximum absolute atomic E-state index is 10.9. The average Bonchev–Trinajstić information content (AvgIpc) is 3.08. The van der Waals surface area contributed by atoms with Gasteiger partial charge in [-0.3, -0.25) is 9.98 Å². The number of aromatic hydroxyl groups is 2. The van der Waals surface area contributed by atoms with Crippen molar-refractivity contribution in [2.24, 2.45) is 9.98 Å². The molecule has 0 heterocycles. The third-order valence-corrected chi connectivity index (χ3v) is 6.98. The van der Waals surface area contributed by atoms with E-state index >= 15 is 0 Å². The van der Waals surface area contributed by atoms with Crippen molar-refractivity contribution in [1.29, 1.82) is 0 Å². The van der Waals surface area contributed by atoms with E-state index in [4.69, 9.17) is 29.8 Å². The first-order valence-corrected chi connectivity index (χ1v) is 15.4. The van der Waals surface area contributed by atoms with Gasteiger partial charge in [0, 0.05) is 35.5 Å². The Morgan fingerprint density at radius 3 is 1.18 bits per heavy atom. The van der Waals surface area contributed by atoms with E-state index in [9.17, 15) is 10.2 Å². The van der Waals surface area contributed by atoms with E-state index in [-0.39, 0.29) is 28.3 Å². The van der Waals surface area contributed by atoms with Crippen LogP contribution >= 0.6 is 0 Å². The number of phenolic OH excluding ortho intramolecular Hbond substituents is 2. The van der Waals surface area contributed by atoms with Crippen LogP contribution in [0.4, 0.5) is 11.4 Å². The summed E-state index contributed by atoms with van der Waals surface area (Å²) in [6.45, 7) is 6.00. The number of aryl methyl sites for hydroxylation is 2. The van der Waals surface area contributed by atoms with Crippen LogP contribution in [0.15, 0.2) is 119 Å². The van der Waals surface area contributed by atoms with Crippen molar-refractivity contribution >= 4 is 35.7 Å². The first-order valence-electron chi connectivity index (χ1n) is 15.4. The molecule has 1 radical (unpaired) electrons. The summed E-state index contributed by atoms with van der Waals surface area (Å²) in [7, 11) is 0. The van der Waals surface area contributed by atoms with Crippen LogP contribution in [0.5, 0.6) is 11.5 Å². The number of nitrogens with zero attached hydrogens (tertiary/aromatic N) is 2. The minimum Gasteiger partial charge on any atom is -0.550 e. The van der Waals surface area contributed by atoms with Crippen molar-refractivity contribution in [2.75, 3.05) is 0 Å². The van der Waals surface area contributed by atoms with Gasteiger partial charge in [0.25, 0.3) is 0 Å². The van der Waals surface area contributed by atoms with Gasteiger partial charge < -0.3 is 30.0 Å². The van der Waals surface area contributed by atoms with Crippen LogP contribution in [-0.4, -0.2) is 34.6 Å². The number of rotatable bonds is 8. The van der Waals surface area contributed by atoms with Crippen LogP contribution < -0.4 is 10.2 Å². The Morgan fingerprint density at radius 1 is 0.571 bits per heavy atom. The third-order valence-electron chi connectivity index (χ3n) is 6.98. The van der Waals surface area contributed by atoms with Gasteiger partial charge in [0.05, 0.1) is 11.4 Å². The second-order valence-corrected chi connectivity index (χ2v) is 10.6. The monoisotopic (exact) mass is 701 g/mol. The van der Waals surface area contributed by atoms with Crippen LogP contribution in [0.25, 0.3) is 22.3 Å². The number of aliphatic carboxylic acids is 2. The zero-order valence-corrected chi connectivity index (χ0v) is 28.8. The fourth-order valence-corrected chi connectivity index (χ4v) is 4.73. The van der Waals surface area contributed by atoms with E-state index in [1.807, 2.05) is 98.8 Å². The molecule has 253 valence electrons. The summed E-state index contributed by atoms with van der Waals surface area (Å²) >= 11 is 0. The van der Waals surface area contributed by atoms with Crippen LogP contribution in [0.2, 0.25) is 0 Å². The molecule has 0 aromatic heterocycles. The number of aliphatic imine (C=N–C) groups is 2. The van der Waals surface area contributed by atoms with Crippen molar-refractivity contribution < 1.29 is 46.8 Å². The van der Waals surface area contributed by atoms with Gasteiger partial charge in [-0.25, -0.2) is 0 Å². The Bertz CT molecular complexity index is 1740. The van der Waals surface area contributed by atoms with E-state index in [1.54, 1.807) is 12.4 Å². The molecule has 49 heavy (non-hydrogen) atoms. The van der Waals surface area contributed by atoms with Crippen molar-refractivity contribution in [2.45, 2.75) is 40.5 Å². The molecule has 0 bridgehead atoms. The Kier molecular flexibility index (Phi) is 16.2. The molecule has 5 rings (SSSR count). The molecule has 0 atom stereocenters. The number of carbonyl (C=O) groups excluding carboxylic acids is 2. The normalized spacial score (nSPS) is 10.4. The number of para-hydroxylation sites is 2. The van der Waals surface area contributed by atoms with Gasteiger partial charge in [0.2, 0.25) is 0 Å². The largest absolute Gasteiger partial charge is 2.00 e. The Balaban J connectivity index is 0.000000837. The minimum atomic E-state index is -1.08. The molecule has 5 aromatic rings. The number of hydrogen-bond acceptors (Lipinski definition) is 8. The molecule has 0 saturated heterocycles. The summed E-state index contributed by atoms with van der Waals surface area (Å²) in [6, 6.07) is 35.8. The molecule has 5 aromatic carbocycles. The van der Waals surface area contributed by atoms with Crippen LogP contribution in [0.1, 0.15) is 49.9 Å². The van der Waals surface area contributed by atoms with Crippen molar-refractivity contribution in [3.8, 4) is 33.8 Å². The number of carboxylic acid groups (broad SMARTS) is 2. The number of carboxylic acids is 2. The van der Waals surface area contributed by atoms with Crippen molar-refractivity contribution in [3.63, 3.8) is 0 Å². The topological polar surface area (TPSA) is 145 Å². The summed E-state index contributed by atoms with van der Waals surface area (Å²) in [5, 5.41) is 39.6.